The minimum atomic E-state index is -0.229. The Labute approximate surface area is 191 Å². The molecule has 3 unspecified atom stereocenters. The summed E-state index contributed by atoms with van der Waals surface area (Å²) in [5.41, 5.74) is 0.725. The predicted molar refractivity (Wildman–Crippen MR) is 121 cm³/mol. The van der Waals surface area contributed by atoms with E-state index in [1.807, 2.05) is 11.8 Å². The maximum absolute atomic E-state index is 14.5. The summed E-state index contributed by atoms with van der Waals surface area (Å²) in [6.07, 6.45) is 6.22. The quantitative estimate of drug-likeness (QED) is 0.646. The highest BCUT2D eigenvalue weighted by atomic mass is 19.1. The standard InChI is InChI=1S/C25H38FN3O3/c1-6-32-23(31)27-12-9-25(5,16-27)28-10-7-18(8-11-28)29-21-14-17(26)13-20(24(2,3)4)19(21)15-22(29)30/h13-14,18-20H,6-12,15-16H2,1-5H3. The summed E-state index contributed by atoms with van der Waals surface area (Å²) >= 11 is 0. The molecule has 0 spiro atoms. The van der Waals surface area contributed by atoms with Gasteiger partial charge in [-0.25, -0.2) is 9.18 Å². The van der Waals surface area contributed by atoms with E-state index in [-0.39, 0.29) is 46.7 Å². The lowest BCUT2D eigenvalue weighted by Crippen LogP contribution is -2.55. The number of allylic oxidation sites excluding steroid dienone is 4. The molecule has 3 atom stereocenters. The number of ether oxygens (including phenoxy) is 1. The third kappa shape index (κ3) is 4.20. The summed E-state index contributed by atoms with van der Waals surface area (Å²) in [5, 5.41) is 0. The molecule has 7 heteroatoms. The molecule has 1 aliphatic carbocycles. The van der Waals surface area contributed by atoms with Crippen LogP contribution in [0.1, 0.15) is 60.3 Å². The molecule has 0 saturated carbocycles. The Morgan fingerprint density at radius 2 is 1.94 bits per heavy atom. The summed E-state index contributed by atoms with van der Waals surface area (Å²) < 4.78 is 19.7. The maximum atomic E-state index is 14.5. The van der Waals surface area contributed by atoms with Gasteiger partial charge in [0.2, 0.25) is 5.91 Å². The Morgan fingerprint density at radius 3 is 2.56 bits per heavy atom. The molecule has 3 heterocycles. The van der Waals surface area contributed by atoms with E-state index in [4.69, 9.17) is 4.74 Å². The first-order valence-electron chi connectivity index (χ1n) is 12.1. The zero-order chi connectivity index (χ0) is 23.3. The largest absolute Gasteiger partial charge is 0.450 e. The Kier molecular flexibility index (Phi) is 6.16. The third-order valence-corrected chi connectivity index (χ3v) is 7.95. The molecule has 4 aliphatic rings. The Morgan fingerprint density at radius 1 is 1.25 bits per heavy atom. The number of hydrogen-bond acceptors (Lipinski definition) is 4. The van der Waals surface area contributed by atoms with E-state index in [9.17, 15) is 14.0 Å². The van der Waals surface area contributed by atoms with Gasteiger partial charge >= 0.3 is 6.09 Å². The summed E-state index contributed by atoms with van der Waals surface area (Å²) in [7, 11) is 0. The van der Waals surface area contributed by atoms with Gasteiger partial charge in [-0.05, 0) is 56.6 Å². The van der Waals surface area contributed by atoms with Gasteiger partial charge in [-0.3, -0.25) is 9.69 Å². The average Bonchev–Trinajstić information content (AvgIpc) is 3.27. The van der Waals surface area contributed by atoms with E-state index in [0.717, 1.165) is 38.0 Å². The van der Waals surface area contributed by atoms with Crippen LogP contribution in [-0.4, -0.2) is 71.1 Å². The van der Waals surface area contributed by atoms with Crippen LogP contribution in [0.2, 0.25) is 0 Å². The molecule has 0 aromatic heterocycles. The Balaban J connectivity index is 1.42. The van der Waals surface area contributed by atoms with Crippen molar-refractivity contribution in [3.63, 3.8) is 0 Å². The van der Waals surface area contributed by atoms with Crippen molar-refractivity contribution in [2.45, 2.75) is 71.9 Å². The van der Waals surface area contributed by atoms with E-state index < -0.39 is 0 Å². The molecule has 0 aromatic rings. The van der Waals surface area contributed by atoms with Crippen molar-refractivity contribution in [2.75, 3.05) is 32.8 Å². The molecule has 0 N–H and O–H groups in total. The minimum absolute atomic E-state index is 0.0304. The molecule has 3 aliphatic heterocycles. The topological polar surface area (TPSA) is 53.1 Å². The summed E-state index contributed by atoms with van der Waals surface area (Å²) in [6, 6.07) is 0.118. The van der Waals surface area contributed by atoms with Crippen molar-refractivity contribution in [3.05, 3.63) is 23.7 Å². The van der Waals surface area contributed by atoms with Gasteiger partial charge in [0.25, 0.3) is 0 Å². The van der Waals surface area contributed by atoms with Gasteiger partial charge in [-0.1, -0.05) is 20.8 Å². The number of halogens is 1. The lowest BCUT2D eigenvalue weighted by molar-refractivity contribution is -0.129. The second-order valence-corrected chi connectivity index (χ2v) is 11.2. The number of fused-ring (bicyclic) bond motifs is 1. The van der Waals surface area contributed by atoms with Gasteiger partial charge in [0.05, 0.1) is 6.61 Å². The monoisotopic (exact) mass is 447 g/mol. The smallest absolute Gasteiger partial charge is 0.409 e. The van der Waals surface area contributed by atoms with E-state index in [1.165, 1.54) is 0 Å². The number of carbonyl (C=O) groups excluding carboxylic acids is 2. The molecule has 3 fully saturated rings. The molecule has 4 rings (SSSR count). The number of carbonyl (C=O) groups is 2. The average molecular weight is 448 g/mol. The zero-order valence-electron chi connectivity index (χ0n) is 20.2. The van der Waals surface area contributed by atoms with Crippen molar-refractivity contribution < 1.29 is 18.7 Å². The van der Waals surface area contributed by atoms with E-state index >= 15 is 0 Å². The van der Waals surface area contributed by atoms with Crippen molar-refractivity contribution in [3.8, 4) is 0 Å². The van der Waals surface area contributed by atoms with Crippen LogP contribution in [0.3, 0.4) is 0 Å². The summed E-state index contributed by atoms with van der Waals surface area (Å²) in [6.45, 7) is 14.0. The van der Waals surface area contributed by atoms with Crippen LogP contribution < -0.4 is 0 Å². The van der Waals surface area contributed by atoms with Crippen molar-refractivity contribution in [2.24, 2.45) is 17.3 Å². The SMILES string of the molecule is CCOC(=O)N1CCC(C)(N2CCC(N3C(=O)CC4C3=CC(F)=CC4C(C)(C)C)CC2)C1. The maximum Gasteiger partial charge on any atom is 0.409 e. The third-order valence-electron chi connectivity index (χ3n) is 7.95. The minimum Gasteiger partial charge on any atom is -0.450 e. The number of amides is 2. The van der Waals surface area contributed by atoms with Gasteiger partial charge in [0.1, 0.15) is 5.83 Å². The van der Waals surface area contributed by atoms with Crippen LogP contribution in [0.4, 0.5) is 9.18 Å². The Hall–Kier alpha value is -1.89. The number of rotatable bonds is 3. The molecule has 2 amide bonds. The molecule has 0 aromatic carbocycles. The Bertz CT molecular complexity index is 825. The molecule has 0 radical (unpaired) electrons. The van der Waals surface area contributed by atoms with Gasteiger partial charge in [0.15, 0.2) is 0 Å². The second-order valence-electron chi connectivity index (χ2n) is 11.2. The zero-order valence-corrected chi connectivity index (χ0v) is 20.2. The van der Waals surface area contributed by atoms with E-state index in [1.54, 1.807) is 17.1 Å². The first kappa shape index (κ1) is 23.3. The fourth-order valence-electron chi connectivity index (χ4n) is 6.18. The molecular weight excluding hydrogens is 409 g/mol. The van der Waals surface area contributed by atoms with Crippen LogP contribution in [0.25, 0.3) is 0 Å². The van der Waals surface area contributed by atoms with Crippen LogP contribution in [-0.2, 0) is 9.53 Å². The number of likely N-dealkylation sites (tertiary alicyclic amines) is 3. The number of nitrogens with zero attached hydrogens (tertiary/aromatic N) is 3. The molecule has 6 nitrogen and oxygen atoms in total. The van der Waals surface area contributed by atoms with Crippen molar-refractivity contribution in [1.82, 2.24) is 14.7 Å². The normalized spacial score (nSPS) is 32.1. The number of hydrogen-bond donors (Lipinski definition) is 0. The molecule has 32 heavy (non-hydrogen) atoms. The first-order valence-corrected chi connectivity index (χ1v) is 12.1. The van der Waals surface area contributed by atoms with E-state index in [0.29, 0.717) is 26.1 Å². The van der Waals surface area contributed by atoms with Crippen LogP contribution >= 0.6 is 0 Å². The number of piperidine rings is 1. The van der Waals surface area contributed by atoms with Crippen molar-refractivity contribution in [1.29, 1.82) is 0 Å². The van der Waals surface area contributed by atoms with Gasteiger partial charge in [-0.15, -0.1) is 0 Å². The molecule has 0 bridgehead atoms. The van der Waals surface area contributed by atoms with Gasteiger partial charge in [-0.2, -0.15) is 0 Å². The fraction of sp³-hybridized carbons (Fsp3) is 0.760. The highest BCUT2D eigenvalue weighted by Crippen LogP contribution is 2.48. The lowest BCUT2D eigenvalue weighted by Gasteiger charge is -2.45. The highest BCUT2D eigenvalue weighted by molar-refractivity contribution is 5.83. The van der Waals surface area contributed by atoms with Crippen LogP contribution in [0.15, 0.2) is 23.7 Å². The molecule has 3 saturated heterocycles. The van der Waals surface area contributed by atoms with Crippen LogP contribution in [0.5, 0.6) is 0 Å². The first-order chi connectivity index (χ1) is 15.0. The molecule has 178 valence electrons. The predicted octanol–water partition coefficient (Wildman–Crippen LogP) is 4.33. The summed E-state index contributed by atoms with van der Waals surface area (Å²) in [4.78, 5) is 31.4. The lowest BCUT2D eigenvalue weighted by atomic mass is 9.70. The van der Waals surface area contributed by atoms with Gasteiger partial charge < -0.3 is 14.5 Å². The van der Waals surface area contributed by atoms with Gasteiger partial charge in [0, 0.05) is 55.8 Å². The van der Waals surface area contributed by atoms with E-state index in [2.05, 4.69) is 32.6 Å². The highest BCUT2D eigenvalue weighted by Gasteiger charge is 2.48. The second kappa shape index (κ2) is 8.47. The fourth-order valence-corrected chi connectivity index (χ4v) is 6.18. The molecular formula is C25H38FN3O3. The van der Waals surface area contributed by atoms with Crippen molar-refractivity contribution >= 4 is 12.0 Å². The summed E-state index contributed by atoms with van der Waals surface area (Å²) in [5.74, 6) is 0.0248. The van der Waals surface area contributed by atoms with Crippen LogP contribution in [0, 0.1) is 17.3 Å².